The number of rotatable bonds is 6. The van der Waals surface area contributed by atoms with Crippen LogP contribution >= 0.6 is 0 Å². The van der Waals surface area contributed by atoms with Crippen molar-refractivity contribution >= 4 is 11.8 Å². The van der Waals surface area contributed by atoms with Crippen molar-refractivity contribution in [2.45, 2.75) is 43.2 Å². The van der Waals surface area contributed by atoms with Crippen molar-refractivity contribution in [3.63, 3.8) is 0 Å². The van der Waals surface area contributed by atoms with Crippen LogP contribution in [0.15, 0.2) is 0 Å². The molecule has 1 unspecified atom stereocenters. The summed E-state index contributed by atoms with van der Waals surface area (Å²) < 4.78 is 9.91. The molecule has 1 heterocycles. The summed E-state index contributed by atoms with van der Waals surface area (Å²) in [6.07, 6.45) is -5.89. The summed E-state index contributed by atoms with van der Waals surface area (Å²) >= 11 is 0. The summed E-state index contributed by atoms with van der Waals surface area (Å²) in [5, 5.41) is 46.8. The van der Waals surface area contributed by atoms with Crippen molar-refractivity contribution in [2.24, 2.45) is 5.73 Å². The molecule has 10 heteroatoms. The Bertz CT molecular complexity index is 403. The molecule has 1 aliphatic heterocycles. The first-order valence-corrected chi connectivity index (χ1v) is 6.16. The number of carbonyl (C=O) groups is 2. The van der Waals surface area contributed by atoms with Crippen molar-refractivity contribution in [2.75, 3.05) is 13.2 Å². The molecule has 0 aliphatic carbocycles. The third kappa shape index (κ3) is 3.37. The highest BCUT2D eigenvalue weighted by Crippen LogP contribution is 2.30. The molecule has 122 valence electrons. The molecule has 7 N–H and O–H groups in total. The molecule has 1 aliphatic rings. The third-order valence-electron chi connectivity index (χ3n) is 3.29. The second kappa shape index (κ2) is 6.75. The zero-order valence-electron chi connectivity index (χ0n) is 11.2. The summed E-state index contributed by atoms with van der Waals surface area (Å²) in [7, 11) is 0. The highest BCUT2D eigenvalue weighted by Gasteiger charge is 2.56. The number of ketones is 1. The number of Topliss-reactive ketones (excluding diaryl/α,β-unsaturated/α-hetero) is 1. The second-order valence-electron chi connectivity index (χ2n) is 4.71. The molecule has 10 nitrogen and oxygen atoms in total. The fourth-order valence-electron chi connectivity index (χ4n) is 1.99. The quantitative estimate of drug-likeness (QED) is 0.284. The molecule has 0 radical (unpaired) electrons. The molecule has 21 heavy (non-hydrogen) atoms. The summed E-state index contributed by atoms with van der Waals surface area (Å²) in [6, 6.07) is -1.66. The predicted molar refractivity (Wildman–Crippen MR) is 65.0 cm³/mol. The van der Waals surface area contributed by atoms with Crippen LogP contribution in [0.25, 0.3) is 0 Å². The smallest absolute Gasteiger partial charge is 0.332 e. The van der Waals surface area contributed by atoms with Gasteiger partial charge in [-0.05, 0) is 6.92 Å². The molecule has 0 spiro atoms. The van der Waals surface area contributed by atoms with Gasteiger partial charge in [0.25, 0.3) is 0 Å². The first-order chi connectivity index (χ1) is 9.68. The first kappa shape index (κ1) is 17.9. The maximum absolute atomic E-state index is 11.6. The van der Waals surface area contributed by atoms with E-state index in [4.69, 9.17) is 30.5 Å². The maximum Gasteiger partial charge on any atom is 0.332 e. The van der Waals surface area contributed by atoms with Crippen LogP contribution in [0.4, 0.5) is 0 Å². The Morgan fingerprint density at radius 3 is 2.43 bits per heavy atom. The van der Waals surface area contributed by atoms with E-state index in [1.807, 2.05) is 0 Å². The Labute approximate surface area is 119 Å². The van der Waals surface area contributed by atoms with Gasteiger partial charge in [0.15, 0.2) is 6.10 Å². The Morgan fingerprint density at radius 2 is 2.00 bits per heavy atom. The standard InChI is InChI=1S/C11H19NO9/c1-4(10(17)18)20-8-7(16)5(2-13)21-11(19,9(8)12)6(15)3-14/h4-5,7-9,13-14,16,19H,2-3,12H2,1H3,(H,17,18)/t4-,5-,7-,8+,9-,11?/m1/s1. The number of hydrogen-bond acceptors (Lipinski definition) is 9. The number of aliphatic hydroxyl groups is 4. The van der Waals surface area contributed by atoms with E-state index >= 15 is 0 Å². The number of carboxylic acids is 1. The fraction of sp³-hybridized carbons (Fsp3) is 0.818. The number of carboxylic acid groups (broad SMARTS) is 1. The van der Waals surface area contributed by atoms with Gasteiger partial charge in [0.05, 0.1) is 12.6 Å². The van der Waals surface area contributed by atoms with E-state index in [0.29, 0.717) is 0 Å². The third-order valence-corrected chi connectivity index (χ3v) is 3.29. The average molecular weight is 309 g/mol. The normalized spacial score (nSPS) is 38.0. The molecule has 0 bridgehead atoms. The van der Waals surface area contributed by atoms with Gasteiger partial charge in [-0.2, -0.15) is 0 Å². The lowest BCUT2D eigenvalue weighted by Gasteiger charge is -2.46. The molecule has 0 aromatic rings. The van der Waals surface area contributed by atoms with Gasteiger partial charge in [-0.3, -0.25) is 4.79 Å². The van der Waals surface area contributed by atoms with Crippen molar-refractivity contribution in [1.82, 2.24) is 0 Å². The van der Waals surface area contributed by atoms with E-state index < -0.39 is 61.2 Å². The van der Waals surface area contributed by atoms with Crippen LogP contribution in [0.3, 0.4) is 0 Å². The highest BCUT2D eigenvalue weighted by molar-refractivity contribution is 5.87. The Morgan fingerprint density at radius 1 is 1.43 bits per heavy atom. The number of hydrogen-bond donors (Lipinski definition) is 6. The molecule has 0 aromatic carbocycles. The molecule has 1 rings (SSSR count). The van der Waals surface area contributed by atoms with Crippen LogP contribution in [0.1, 0.15) is 6.92 Å². The van der Waals surface area contributed by atoms with E-state index in [1.165, 1.54) is 0 Å². The summed E-state index contributed by atoms with van der Waals surface area (Å²) in [5.41, 5.74) is 5.62. The van der Waals surface area contributed by atoms with Gasteiger partial charge in [0.2, 0.25) is 11.6 Å². The molecule has 0 saturated carbocycles. The largest absolute Gasteiger partial charge is 0.479 e. The van der Waals surface area contributed by atoms with Crippen LogP contribution in [-0.2, 0) is 19.1 Å². The van der Waals surface area contributed by atoms with Crippen LogP contribution in [-0.4, -0.2) is 86.7 Å². The first-order valence-electron chi connectivity index (χ1n) is 6.16. The Hall–Kier alpha value is -1.14. The minimum atomic E-state index is -2.70. The molecule has 0 amide bonds. The number of carbonyl (C=O) groups excluding carboxylic acids is 1. The second-order valence-corrected chi connectivity index (χ2v) is 4.71. The summed E-state index contributed by atoms with van der Waals surface area (Å²) in [4.78, 5) is 22.4. The van der Waals surface area contributed by atoms with Crippen molar-refractivity contribution in [1.29, 1.82) is 0 Å². The zero-order chi connectivity index (χ0) is 16.4. The van der Waals surface area contributed by atoms with Crippen molar-refractivity contribution in [3.05, 3.63) is 0 Å². The van der Waals surface area contributed by atoms with Crippen LogP contribution in [0, 0.1) is 0 Å². The molecule has 0 aromatic heterocycles. The SMILES string of the molecule is C[C@@H](O[C@H]1[C@H](O)[C@@H](CO)OC(O)(C(=O)CO)[C@@H]1N)C(=O)O. The predicted octanol–water partition coefficient (Wildman–Crippen LogP) is -3.83. The van der Waals surface area contributed by atoms with Gasteiger partial charge >= 0.3 is 5.97 Å². The van der Waals surface area contributed by atoms with Gasteiger partial charge < -0.3 is 40.7 Å². The average Bonchev–Trinajstić information content (AvgIpc) is 2.45. The van der Waals surface area contributed by atoms with E-state index in [-0.39, 0.29) is 0 Å². The molecule has 1 fully saturated rings. The van der Waals surface area contributed by atoms with Crippen LogP contribution in [0.2, 0.25) is 0 Å². The number of aliphatic hydroxyl groups excluding tert-OH is 3. The molecule has 1 saturated heterocycles. The number of ether oxygens (including phenoxy) is 2. The fourth-order valence-corrected chi connectivity index (χ4v) is 1.99. The minimum Gasteiger partial charge on any atom is -0.479 e. The molecular weight excluding hydrogens is 290 g/mol. The Kier molecular flexibility index (Phi) is 5.75. The topological polar surface area (TPSA) is 180 Å². The van der Waals surface area contributed by atoms with E-state index in [2.05, 4.69) is 0 Å². The van der Waals surface area contributed by atoms with Crippen LogP contribution < -0.4 is 5.73 Å². The summed E-state index contributed by atoms with van der Waals surface area (Å²) in [5.74, 6) is -5.25. The maximum atomic E-state index is 11.6. The molecular formula is C11H19NO9. The number of aliphatic carboxylic acids is 1. The zero-order valence-corrected chi connectivity index (χ0v) is 11.2. The van der Waals surface area contributed by atoms with Gasteiger partial charge in [-0.15, -0.1) is 0 Å². The van der Waals surface area contributed by atoms with E-state index in [1.54, 1.807) is 0 Å². The van der Waals surface area contributed by atoms with E-state index in [0.717, 1.165) is 6.92 Å². The Balaban J connectivity index is 3.08. The van der Waals surface area contributed by atoms with Crippen molar-refractivity contribution < 1.29 is 44.6 Å². The van der Waals surface area contributed by atoms with Gasteiger partial charge in [-0.25, -0.2) is 4.79 Å². The lowest BCUT2D eigenvalue weighted by atomic mass is 9.88. The van der Waals surface area contributed by atoms with Gasteiger partial charge in [0.1, 0.15) is 24.9 Å². The van der Waals surface area contributed by atoms with E-state index in [9.17, 15) is 19.8 Å². The number of nitrogens with two attached hydrogens (primary N) is 1. The monoisotopic (exact) mass is 309 g/mol. The van der Waals surface area contributed by atoms with Gasteiger partial charge in [-0.1, -0.05) is 0 Å². The summed E-state index contributed by atoms with van der Waals surface area (Å²) in [6.45, 7) is -0.714. The lowest BCUT2D eigenvalue weighted by Crippen LogP contribution is -2.72. The van der Waals surface area contributed by atoms with Crippen LogP contribution in [0.5, 0.6) is 0 Å². The lowest BCUT2D eigenvalue weighted by molar-refractivity contribution is -0.306. The molecule has 6 atom stereocenters. The van der Waals surface area contributed by atoms with Gasteiger partial charge in [0, 0.05) is 0 Å². The minimum absolute atomic E-state index is 0.782. The highest BCUT2D eigenvalue weighted by atomic mass is 16.7. The van der Waals surface area contributed by atoms with Crippen molar-refractivity contribution in [3.8, 4) is 0 Å².